The fourth-order valence-corrected chi connectivity index (χ4v) is 1.52. The Hall–Kier alpha value is -0.590. The first-order valence-corrected chi connectivity index (χ1v) is 6.04. The van der Waals surface area contributed by atoms with Crippen molar-refractivity contribution >= 4 is 11.8 Å². The van der Waals surface area contributed by atoms with Crippen LogP contribution in [0, 0.1) is 0 Å². The summed E-state index contributed by atoms with van der Waals surface area (Å²) in [7, 11) is 0. The van der Waals surface area contributed by atoms with E-state index in [2.05, 4.69) is 17.1 Å². The van der Waals surface area contributed by atoms with Crippen molar-refractivity contribution < 1.29 is 9.63 Å². The number of nitrogens with two attached hydrogens (primary N) is 1. The summed E-state index contributed by atoms with van der Waals surface area (Å²) < 4.78 is 5.01. The zero-order valence-corrected chi connectivity index (χ0v) is 9.88. The summed E-state index contributed by atoms with van der Waals surface area (Å²) in [5.41, 5.74) is 4.43. The quantitative estimate of drug-likeness (QED) is 0.744. The summed E-state index contributed by atoms with van der Waals surface area (Å²) in [6, 6.07) is 0. The van der Waals surface area contributed by atoms with Crippen LogP contribution in [-0.2, 0) is 12.2 Å². The average molecular weight is 231 g/mol. The average Bonchev–Trinajstić information content (AvgIpc) is 2.62. The third-order valence-electron chi connectivity index (χ3n) is 1.92. The molecule has 0 aromatic carbocycles. The predicted molar refractivity (Wildman–Crippen MR) is 59.5 cm³/mol. The third-order valence-corrected chi connectivity index (χ3v) is 2.79. The molecule has 1 rings (SSSR count). The number of rotatable bonds is 6. The van der Waals surface area contributed by atoms with Gasteiger partial charge in [-0.05, 0) is 12.7 Å². The predicted octanol–water partition coefficient (Wildman–Crippen LogP) is 0.575. The Morgan fingerprint density at radius 1 is 1.60 bits per heavy atom. The highest BCUT2D eigenvalue weighted by Crippen LogP contribution is 2.12. The molecule has 0 spiro atoms. The monoisotopic (exact) mass is 231 g/mol. The molecule has 0 radical (unpaired) electrons. The Morgan fingerprint density at radius 2 is 2.33 bits per heavy atom. The molecule has 1 aromatic rings. The molecule has 86 valence electrons. The van der Waals surface area contributed by atoms with Crippen LogP contribution in [0.15, 0.2) is 4.52 Å². The van der Waals surface area contributed by atoms with Gasteiger partial charge in [-0.3, -0.25) is 0 Å². The molecule has 1 atom stereocenters. The maximum atomic E-state index is 9.70. The molecule has 3 N–H and O–H groups in total. The van der Waals surface area contributed by atoms with Crippen molar-refractivity contribution in [3.05, 3.63) is 11.7 Å². The molecule has 0 aliphatic carbocycles. The van der Waals surface area contributed by atoms with E-state index in [1.165, 1.54) is 0 Å². The highest BCUT2D eigenvalue weighted by atomic mass is 32.2. The molecule has 0 saturated heterocycles. The molecular formula is C9H17N3O2S. The number of hydrogen-bond acceptors (Lipinski definition) is 6. The summed E-state index contributed by atoms with van der Waals surface area (Å²) in [6.07, 6.45) is 0.299. The van der Waals surface area contributed by atoms with E-state index < -0.39 is 5.60 Å². The van der Waals surface area contributed by atoms with Crippen LogP contribution in [-0.4, -0.2) is 33.1 Å². The molecular weight excluding hydrogens is 214 g/mol. The Kier molecular flexibility index (Phi) is 4.56. The second kappa shape index (κ2) is 5.48. The zero-order chi connectivity index (χ0) is 11.3. The molecule has 1 unspecified atom stereocenters. The van der Waals surface area contributed by atoms with Crippen LogP contribution in [0.2, 0.25) is 0 Å². The molecule has 15 heavy (non-hydrogen) atoms. The van der Waals surface area contributed by atoms with Crippen molar-refractivity contribution in [1.29, 1.82) is 0 Å². The SMILES string of the molecule is CCSCc1noc(CC(C)(O)CN)n1. The highest BCUT2D eigenvalue weighted by molar-refractivity contribution is 7.98. The summed E-state index contributed by atoms with van der Waals surface area (Å²) in [6.45, 7) is 3.90. The van der Waals surface area contributed by atoms with Crippen molar-refractivity contribution in [2.24, 2.45) is 5.73 Å². The zero-order valence-electron chi connectivity index (χ0n) is 9.06. The lowest BCUT2D eigenvalue weighted by atomic mass is 10.0. The van der Waals surface area contributed by atoms with Gasteiger partial charge in [-0.15, -0.1) is 0 Å². The molecule has 0 fully saturated rings. The van der Waals surface area contributed by atoms with Crippen molar-refractivity contribution in [3.63, 3.8) is 0 Å². The minimum atomic E-state index is -0.971. The minimum Gasteiger partial charge on any atom is -0.388 e. The summed E-state index contributed by atoms with van der Waals surface area (Å²) in [5.74, 6) is 2.87. The topological polar surface area (TPSA) is 85.2 Å². The molecule has 5 nitrogen and oxygen atoms in total. The fourth-order valence-electron chi connectivity index (χ4n) is 1.01. The van der Waals surface area contributed by atoms with Gasteiger partial charge in [0.25, 0.3) is 0 Å². The van der Waals surface area contributed by atoms with Crippen LogP contribution in [0.4, 0.5) is 0 Å². The van der Waals surface area contributed by atoms with Crippen LogP contribution in [0.25, 0.3) is 0 Å². The Bertz CT molecular complexity index is 301. The van der Waals surface area contributed by atoms with E-state index in [9.17, 15) is 5.11 Å². The number of aliphatic hydroxyl groups is 1. The fraction of sp³-hybridized carbons (Fsp3) is 0.778. The Balaban J connectivity index is 2.52. The van der Waals surface area contributed by atoms with E-state index in [1.807, 2.05) is 0 Å². The largest absolute Gasteiger partial charge is 0.388 e. The molecule has 0 bridgehead atoms. The lowest BCUT2D eigenvalue weighted by molar-refractivity contribution is 0.0610. The number of nitrogens with zero attached hydrogens (tertiary/aromatic N) is 2. The van der Waals surface area contributed by atoms with Gasteiger partial charge in [-0.25, -0.2) is 0 Å². The van der Waals surface area contributed by atoms with Crippen LogP contribution < -0.4 is 5.73 Å². The van der Waals surface area contributed by atoms with Gasteiger partial charge in [0.1, 0.15) is 0 Å². The lowest BCUT2D eigenvalue weighted by Crippen LogP contribution is -2.36. The van der Waals surface area contributed by atoms with Crippen molar-refractivity contribution in [2.45, 2.75) is 31.6 Å². The molecule has 6 heteroatoms. The molecule has 0 amide bonds. The van der Waals surface area contributed by atoms with E-state index in [0.717, 1.165) is 11.5 Å². The van der Waals surface area contributed by atoms with Gasteiger partial charge in [0.05, 0.1) is 17.8 Å². The van der Waals surface area contributed by atoms with E-state index in [1.54, 1.807) is 18.7 Å². The lowest BCUT2D eigenvalue weighted by Gasteiger charge is -2.17. The summed E-state index contributed by atoms with van der Waals surface area (Å²) in [4.78, 5) is 4.17. The number of thioether (sulfide) groups is 1. The molecule has 0 aliphatic rings. The number of aromatic nitrogens is 2. The second-order valence-electron chi connectivity index (χ2n) is 3.62. The van der Waals surface area contributed by atoms with Crippen molar-refractivity contribution in [2.75, 3.05) is 12.3 Å². The van der Waals surface area contributed by atoms with Crippen LogP contribution >= 0.6 is 11.8 Å². The Morgan fingerprint density at radius 3 is 2.93 bits per heavy atom. The van der Waals surface area contributed by atoms with Gasteiger partial charge >= 0.3 is 0 Å². The Labute approximate surface area is 93.4 Å². The minimum absolute atomic E-state index is 0.175. The first kappa shape index (κ1) is 12.5. The van der Waals surface area contributed by atoms with Crippen LogP contribution in [0.5, 0.6) is 0 Å². The molecule has 1 aromatic heterocycles. The molecule has 1 heterocycles. The van der Waals surface area contributed by atoms with Crippen molar-refractivity contribution in [3.8, 4) is 0 Å². The van der Waals surface area contributed by atoms with Crippen LogP contribution in [0.1, 0.15) is 25.6 Å². The standard InChI is InChI=1S/C9H17N3O2S/c1-3-15-5-7-11-8(14-12-7)4-9(2,13)6-10/h13H,3-6,10H2,1-2H3. The summed E-state index contributed by atoms with van der Waals surface area (Å²) in [5, 5.41) is 13.5. The van der Waals surface area contributed by atoms with Crippen molar-refractivity contribution in [1.82, 2.24) is 10.1 Å². The maximum Gasteiger partial charge on any atom is 0.229 e. The summed E-state index contributed by atoms with van der Waals surface area (Å²) >= 11 is 1.73. The molecule has 0 aliphatic heterocycles. The smallest absolute Gasteiger partial charge is 0.229 e. The van der Waals surface area contributed by atoms with Gasteiger partial charge in [0.2, 0.25) is 5.89 Å². The van der Waals surface area contributed by atoms with Crippen LogP contribution in [0.3, 0.4) is 0 Å². The van der Waals surface area contributed by atoms with E-state index in [4.69, 9.17) is 10.3 Å². The number of hydrogen-bond donors (Lipinski definition) is 2. The van der Waals surface area contributed by atoms with Gasteiger partial charge < -0.3 is 15.4 Å². The highest BCUT2D eigenvalue weighted by Gasteiger charge is 2.22. The van der Waals surface area contributed by atoms with Gasteiger partial charge in [-0.2, -0.15) is 16.7 Å². The van der Waals surface area contributed by atoms with E-state index in [-0.39, 0.29) is 6.54 Å². The van der Waals surface area contributed by atoms with E-state index in [0.29, 0.717) is 18.1 Å². The first-order chi connectivity index (χ1) is 7.07. The van der Waals surface area contributed by atoms with Gasteiger partial charge in [0, 0.05) is 6.54 Å². The first-order valence-electron chi connectivity index (χ1n) is 4.89. The normalized spacial score (nSPS) is 15.2. The van der Waals surface area contributed by atoms with E-state index >= 15 is 0 Å². The molecule has 0 saturated carbocycles. The second-order valence-corrected chi connectivity index (χ2v) is 4.89. The van der Waals surface area contributed by atoms with Gasteiger partial charge in [0.15, 0.2) is 5.82 Å². The maximum absolute atomic E-state index is 9.70. The van der Waals surface area contributed by atoms with Gasteiger partial charge in [-0.1, -0.05) is 12.1 Å². The third kappa shape index (κ3) is 4.19.